The Bertz CT molecular complexity index is 643. The maximum Gasteiger partial charge on any atom is 0.282 e. The van der Waals surface area contributed by atoms with Crippen molar-refractivity contribution in [3.8, 4) is 0 Å². The average Bonchev–Trinajstić information content (AvgIpc) is 2.99. The summed E-state index contributed by atoms with van der Waals surface area (Å²) in [5, 5.41) is 19.3. The molecule has 1 amide bonds. The van der Waals surface area contributed by atoms with Crippen LogP contribution >= 0.6 is 11.3 Å². The molecule has 110 valence electrons. The van der Waals surface area contributed by atoms with Gasteiger partial charge in [-0.2, -0.15) is 0 Å². The van der Waals surface area contributed by atoms with E-state index in [1.165, 1.54) is 23.5 Å². The van der Waals surface area contributed by atoms with E-state index < -0.39 is 10.8 Å². The van der Waals surface area contributed by atoms with Crippen molar-refractivity contribution >= 4 is 28.6 Å². The third-order valence-corrected chi connectivity index (χ3v) is 3.67. The van der Waals surface area contributed by atoms with Gasteiger partial charge in [-0.25, -0.2) is 4.98 Å². The molecular formula is C13H14N4O3S. The van der Waals surface area contributed by atoms with E-state index in [1.807, 2.05) is 5.38 Å². The van der Waals surface area contributed by atoms with E-state index in [0.29, 0.717) is 18.7 Å². The predicted octanol–water partition coefficient (Wildman–Crippen LogP) is 2.07. The van der Waals surface area contributed by atoms with Crippen molar-refractivity contribution in [3.63, 3.8) is 0 Å². The fraction of sp³-hybridized carbons (Fsp3) is 0.231. The normalized spacial score (nSPS) is 10.1. The molecule has 1 heterocycles. The lowest BCUT2D eigenvalue weighted by atomic mass is 10.1. The summed E-state index contributed by atoms with van der Waals surface area (Å²) in [6.45, 7) is 0.382. The van der Waals surface area contributed by atoms with E-state index in [0.717, 1.165) is 5.01 Å². The second-order valence-electron chi connectivity index (χ2n) is 4.17. The highest BCUT2D eigenvalue weighted by atomic mass is 32.1. The van der Waals surface area contributed by atoms with Crippen molar-refractivity contribution < 1.29 is 9.72 Å². The van der Waals surface area contributed by atoms with Gasteiger partial charge in [-0.3, -0.25) is 14.9 Å². The Morgan fingerprint density at radius 2 is 2.29 bits per heavy atom. The van der Waals surface area contributed by atoms with E-state index >= 15 is 0 Å². The first-order chi connectivity index (χ1) is 10.1. The Hall–Kier alpha value is -2.48. The summed E-state index contributed by atoms with van der Waals surface area (Å²) in [5.41, 5.74) is 0.484. The van der Waals surface area contributed by atoms with Crippen LogP contribution in [0.5, 0.6) is 0 Å². The highest BCUT2D eigenvalue weighted by Gasteiger charge is 2.20. The molecule has 1 aromatic carbocycles. The van der Waals surface area contributed by atoms with Gasteiger partial charge in [0.05, 0.1) is 9.93 Å². The lowest BCUT2D eigenvalue weighted by Gasteiger charge is -2.07. The molecule has 2 rings (SSSR count). The van der Waals surface area contributed by atoms with Crippen LogP contribution in [0.4, 0.5) is 11.4 Å². The smallest absolute Gasteiger partial charge is 0.282 e. The molecule has 2 N–H and O–H groups in total. The topological polar surface area (TPSA) is 97.2 Å². The number of rotatable bonds is 6. The van der Waals surface area contributed by atoms with Gasteiger partial charge in [0.1, 0.15) is 5.56 Å². The van der Waals surface area contributed by atoms with E-state index in [4.69, 9.17) is 0 Å². The quantitative estimate of drug-likeness (QED) is 0.629. The number of nitro groups is 1. The summed E-state index contributed by atoms with van der Waals surface area (Å²) in [6.07, 6.45) is 2.30. The SMILES string of the molecule is CNc1ccc([N+](=O)[O-])c(C(=O)NCCc2nccs2)c1. The number of carbonyl (C=O) groups is 1. The van der Waals surface area contributed by atoms with Crippen LogP contribution in [0.3, 0.4) is 0 Å². The molecule has 7 nitrogen and oxygen atoms in total. The number of benzene rings is 1. The number of hydrogen-bond donors (Lipinski definition) is 2. The second-order valence-corrected chi connectivity index (χ2v) is 5.15. The van der Waals surface area contributed by atoms with Crippen LogP contribution in [0, 0.1) is 10.1 Å². The van der Waals surface area contributed by atoms with Crippen molar-refractivity contribution in [2.45, 2.75) is 6.42 Å². The Morgan fingerprint density at radius 1 is 1.48 bits per heavy atom. The lowest BCUT2D eigenvalue weighted by Crippen LogP contribution is -2.26. The van der Waals surface area contributed by atoms with Crippen LogP contribution in [-0.2, 0) is 6.42 Å². The Labute approximate surface area is 125 Å². The van der Waals surface area contributed by atoms with Crippen LogP contribution in [0.15, 0.2) is 29.8 Å². The Morgan fingerprint density at radius 3 is 2.90 bits per heavy atom. The second kappa shape index (κ2) is 6.80. The zero-order valence-electron chi connectivity index (χ0n) is 11.3. The molecule has 1 aromatic heterocycles. The summed E-state index contributed by atoms with van der Waals surface area (Å²) in [6, 6.07) is 4.35. The lowest BCUT2D eigenvalue weighted by molar-refractivity contribution is -0.385. The molecule has 0 saturated heterocycles. The van der Waals surface area contributed by atoms with Crippen molar-refractivity contribution in [2.75, 3.05) is 18.9 Å². The minimum Gasteiger partial charge on any atom is -0.388 e. The Kier molecular flexibility index (Phi) is 4.83. The monoisotopic (exact) mass is 306 g/mol. The molecule has 0 bridgehead atoms. The van der Waals surface area contributed by atoms with Gasteiger partial charge in [-0.05, 0) is 12.1 Å². The van der Waals surface area contributed by atoms with Crippen molar-refractivity contribution in [2.24, 2.45) is 0 Å². The first kappa shape index (κ1) is 14.9. The van der Waals surface area contributed by atoms with Crippen LogP contribution in [0.1, 0.15) is 15.4 Å². The van der Waals surface area contributed by atoms with Crippen LogP contribution < -0.4 is 10.6 Å². The maximum atomic E-state index is 12.1. The molecule has 0 saturated carbocycles. The third kappa shape index (κ3) is 3.76. The van der Waals surface area contributed by atoms with Crippen molar-refractivity contribution in [3.05, 3.63) is 50.5 Å². The number of thiazole rings is 1. The molecule has 0 fully saturated rings. The van der Waals surface area contributed by atoms with Gasteiger partial charge in [-0.1, -0.05) is 0 Å². The van der Waals surface area contributed by atoms with Gasteiger partial charge in [-0.15, -0.1) is 11.3 Å². The predicted molar refractivity (Wildman–Crippen MR) is 80.8 cm³/mol. The van der Waals surface area contributed by atoms with Gasteiger partial charge in [0.15, 0.2) is 0 Å². The minimum absolute atomic E-state index is 0.0472. The summed E-state index contributed by atoms with van der Waals surface area (Å²) >= 11 is 1.50. The summed E-state index contributed by atoms with van der Waals surface area (Å²) < 4.78 is 0. The minimum atomic E-state index is -0.560. The zero-order valence-corrected chi connectivity index (χ0v) is 12.1. The molecule has 0 spiro atoms. The fourth-order valence-corrected chi connectivity index (χ4v) is 2.41. The summed E-state index contributed by atoms with van der Waals surface area (Å²) in [4.78, 5) is 26.6. The summed E-state index contributed by atoms with van der Waals surface area (Å²) in [7, 11) is 1.69. The molecule has 2 aromatic rings. The molecular weight excluding hydrogens is 292 g/mol. The maximum absolute atomic E-state index is 12.1. The number of anilines is 1. The van der Waals surface area contributed by atoms with Gasteiger partial charge >= 0.3 is 0 Å². The number of amides is 1. The molecule has 21 heavy (non-hydrogen) atoms. The van der Waals surface area contributed by atoms with Crippen molar-refractivity contribution in [1.82, 2.24) is 10.3 Å². The van der Waals surface area contributed by atoms with Crippen LogP contribution in [-0.4, -0.2) is 29.4 Å². The molecule has 0 aliphatic rings. The van der Waals surface area contributed by atoms with E-state index in [2.05, 4.69) is 15.6 Å². The van der Waals surface area contributed by atoms with Gasteiger partial charge in [0.2, 0.25) is 0 Å². The third-order valence-electron chi connectivity index (χ3n) is 2.83. The molecule has 0 aliphatic heterocycles. The van der Waals surface area contributed by atoms with Crippen molar-refractivity contribution in [1.29, 1.82) is 0 Å². The standard InChI is InChI=1S/C13H14N4O3S/c1-14-9-2-3-11(17(19)20)10(8-9)13(18)16-5-4-12-15-6-7-21-12/h2-3,6-8,14H,4-5H2,1H3,(H,16,18). The van der Waals surface area contributed by atoms with E-state index in [-0.39, 0.29) is 11.3 Å². The van der Waals surface area contributed by atoms with Crippen LogP contribution in [0.25, 0.3) is 0 Å². The molecule has 0 radical (unpaired) electrons. The first-order valence-electron chi connectivity index (χ1n) is 6.24. The number of nitro benzene ring substituents is 1. The molecule has 8 heteroatoms. The van der Waals surface area contributed by atoms with Gasteiger partial charge in [0, 0.05) is 43.3 Å². The number of nitrogens with one attached hydrogen (secondary N) is 2. The largest absolute Gasteiger partial charge is 0.388 e. The Balaban J connectivity index is 2.08. The van der Waals surface area contributed by atoms with E-state index in [9.17, 15) is 14.9 Å². The van der Waals surface area contributed by atoms with Gasteiger partial charge in [0.25, 0.3) is 11.6 Å². The zero-order chi connectivity index (χ0) is 15.2. The highest BCUT2D eigenvalue weighted by molar-refractivity contribution is 7.09. The number of hydrogen-bond acceptors (Lipinski definition) is 6. The summed E-state index contributed by atoms with van der Waals surface area (Å²) in [5.74, 6) is -0.463. The molecule has 0 unspecified atom stereocenters. The first-order valence-corrected chi connectivity index (χ1v) is 7.12. The number of aromatic nitrogens is 1. The molecule has 0 aliphatic carbocycles. The van der Waals surface area contributed by atoms with Crippen LogP contribution in [0.2, 0.25) is 0 Å². The fourth-order valence-electron chi connectivity index (χ4n) is 1.79. The average molecular weight is 306 g/mol. The molecule has 0 atom stereocenters. The number of carbonyl (C=O) groups excluding carboxylic acids is 1. The van der Waals surface area contributed by atoms with Gasteiger partial charge < -0.3 is 10.6 Å². The number of nitrogens with zero attached hydrogens (tertiary/aromatic N) is 2. The highest BCUT2D eigenvalue weighted by Crippen LogP contribution is 2.22. The van der Waals surface area contributed by atoms with E-state index in [1.54, 1.807) is 19.3 Å².